The number of aryl methyl sites for hydroxylation is 1. The predicted octanol–water partition coefficient (Wildman–Crippen LogP) is 4.82. The molecule has 0 amide bonds. The van der Waals surface area contributed by atoms with Gasteiger partial charge in [-0.25, -0.2) is 8.78 Å². The number of hydrogen-bond acceptors (Lipinski definition) is 1. The summed E-state index contributed by atoms with van der Waals surface area (Å²) in [5, 5.41) is 0. The third kappa shape index (κ3) is 2.33. The molecular weight excluding hydrogens is 294 g/mol. The number of rotatable bonds is 2. The highest BCUT2D eigenvalue weighted by Gasteiger charge is 2.16. The molecule has 1 unspecified atom stereocenters. The van der Waals surface area contributed by atoms with Gasteiger partial charge in [0, 0.05) is 21.4 Å². The topological polar surface area (TPSA) is 0 Å². The lowest BCUT2D eigenvalue weighted by atomic mass is 10.1. The molecule has 1 aromatic carbocycles. The lowest BCUT2D eigenvalue weighted by Crippen LogP contribution is -1.95. The van der Waals surface area contributed by atoms with E-state index in [0.29, 0.717) is 5.56 Å². The number of thiophene rings is 1. The summed E-state index contributed by atoms with van der Waals surface area (Å²) < 4.78 is 26.3. The first kappa shape index (κ1) is 11.7. The van der Waals surface area contributed by atoms with Crippen LogP contribution in [0.15, 0.2) is 30.3 Å². The monoisotopic (exact) mass is 302 g/mol. The number of benzene rings is 1. The van der Waals surface area contributed by atoms with E-state index in [-0.39, 0.29) is 4.83 Å². The summed E-state index contributed by atoms with van der Waals surface area (Å²) in [6, 6.07) is 7.58. The van der Waals surface area contributed by atoms with Gasteiger partial charge in [0.1, 0.15) is 11.6 Å². The zero-order valence-electron chi connectivity index (χ0n) is 8.51. The van der Waals surface area contributed by atoms with Crippen LogP contribution in [0.2, 0.25) is 0 Å². The zero-order chi connectivity index (χ0) is 11.7. The molecule has 84 valence electrons. The van der Waals surface area contributed by atoms with E-state index in [1.54, 1.807) is 11.3 Å². The smallest absolute Gasteiger partial charge is 0.130 e. The van der Waals surface area contributed by atoms with Crippen LogP contribution in [0.5, 0.6) is 0 Å². The summed E-state index contributed by atoms with van der Waals surface area (Å²) >= 11 is 5.03. The van der Waals surface area contributed by atoms with Gasteiger partial charge in [-0.05, 0) is 25.1 Å². The fraction of sp³-hybridized carbons (Fsp3) is 0.167. The fourth-order valence-electron chi connectivity index (χ4n) is 1.45. The summed E-state index contributed by atoms with van der Waals surface area (Å²) in [4.78, 5) is 1.97. The summed E-state index contributed by atoms with van der Waals surface area (Å²) in [5.41, 5.74) is 0.461. The van der Waals surface area contributed by atoms with Crippen molar-refractivity contribution in [3.63, 3.8) is 0 Å². The van der Waals surface area contributed by atoms with Crippen molar-refractivity contribution in [2.24, 2.45) is 0 Å². The van der Waals surface area contributed by atoms with Crippen LogP contribution in [0.1, 0.15) is 20.1 Å². The van der Waals surface area contributed by atoms with Gasteiger partial charge in [-0.3, -0.25) is 0 Å². The van der Waals surface area contributed by atoms with Crippen molar-refractivity contribution < 1.29 is 8.78 Å². The van der Waals surface area contributed by atoms with E-state index in [9.17, 15) is 8.78 Å². The average Bonchev–Trinajstić information content (AvgIpc) is 2.64. The zero-order valence-corrected chi connectivity index (χ0v) is 10.9. The van der Waals surface area contributed by atoms with Crippen LogP contribution in [0.25, 0.3) is 0 Å². The van der Waals surface area contributed by atoms with Crippen molar-refractivity contribution in [3.05, 3.63) is 57.3 Å². The van der Waals surface area contributed by atoms with E-state index in [1.165, 1.54) is 17.0 Å². The Kier molecular flexibility index (Phi) is 3.40. The van der Waals surface area contributed by atoms with Gasteiger partial charge in [0.2, 0.25) is 0 Å². The molecule has 0 saturated carbocycles. The quantitative estimate of drug-likeness (QED) is 0.698. The van der Waals surface area contributed by atoms with Gasteiger partial charge in [-0.1, -0.05) is 22.0 Å². The minimum Gasteiger partial charge on any atom is -0.207 e. The van der Waals surface area contributed by atoms with Crippen LogP contribution in [0, 0.1) is 18.6 Å². The summed E-state index contributed by atoms with van der Waals surface area (Å²) in [7, 11) is 0. The van der Waals surface area contributed by atoms with Gasteiger partial charge < -0.3 is 0 Å². The van der Waals surface area contributed by atoms with Gasteiger partial charge in [0.25, 0.3) is 0 Å². The van der Waals surface area contributed by atoms with Crippen molar-refractivity contribution in [1.29, 1.82) is 0 Å². The van der Waals surface area contributed by atoms with Crippen LogP contribution < -0.4 is 0 Å². The van der Waals surface area contributed by atoms with Crippen LogP contribution in [0.3, 0.4) is 0 Å². The standard InChI is InChI=1S/C12H9BrF2S/c1-7-2-5-11(16-7)12(13)9-4-3-8(14)6-10(9)15/h2-6,12H,1H3. The van der Waals surface area contributed by atoms with Gasteiger partial charge in [-0.15, -0.1) is 11.3 Å². The largest absolute Gasteiger partial charge is 0.207 e. The van der Waals surface area contributed by atoms with Crippen molar-refractivity contribution in [2.75, 3.05) is 0 Å². The molecule has 0 nitrogen and oxygen atoms in total. The Morgan fingerprint density at radius 3 is 2.50 bits per heavy atom. The molecule has 0 N–H and O–H groups in total. The summed E-state index contributed by atoms with van der Waals surface area (Å²) in [6.07, 6.45) is 0. The number of hydrogen-bond donors (Lipinski definition) is 0. The molecule has 0 aliphatic carbocycles. The molecule has 0 aliphatic rings. The van der Waals surface area contributed by atoms with E-state index in [0.717, 1.165) is 10.9 Å². The number of alkyl halides is 1. The van der Waals surface area contributed by atoms with Gasteiger partial charge >= 0.3 is 0 Å². The molecule has 0 aliphatic heterocycles. The van der Waals surface area contributed by atoms with E-state index >= 15 is 0 Å². The average molecular weight is 303 g/mol. The summed E-state index contributed by atoms with van der Waals surface area (Å²) in [6.45, 7) is 1.99. The molecule has 16 heavy (non-hydrogen) atoms. The van der Waals surface area contributed by atoms with Crippen LogP contribution in [0.4, 0.5) is 8.78 Å². The lowest BCUT2D eigenvalue weighted by Gasteiger charge is -2.09. The maximum atomic E-state index is 13.5. The Labute approximate surface area is 105 Å². The normalized spacial score (nSPS) is 12.8. The molecule has 1 atom stereocenters. The van der Waals surface area contributed by atoms with Crippen molar-refractivity contribution in [1.82, 2.24) is 0 Å². The van der Waals surface area contributed by atoms with Crippen LogP contribution >= 0.6 is 27.3 Å². The van der Waals surface area contributed by atoms with E-state index < -0.39 is 11.6 Å². The second-order valence-corrected chi connectivity index (χ2v) is 5.71. The van der Waals surface area contributed by atoms with Crippen LogP contribution in [-0.4, -0.2) is 0 Å². The molecule has 0 bridgehead atoms. The minimum atomic E-state index is -0.552. The third-order valence-electron chi connectivity index (χ3n) is 2.25. The minimum absolute atomic E-state index is 0.216. The third-order valence-corrected chi connectivity index (χ3v) is 4.60. The van der Waals surface area contributed by atoms with E-state index in [1.807, 2.05) is 19.1 Å². The molecule has 2 rings (SSSR count). The van der Waals surface area contributed by atoms with E-state index in [4.69, 9.17) is 0 Å². The maximum Gasteiger partial charge on any atom is 0.130 e. The summed E-state index contributed by atoms with van der Waals surface area (Å²) in [5.74, 6) is -1.07. The Morgan fingerprint density at radius 2 is 1.94 bits per heavy atom. The number of halogens is 3. The fourth-order valence-corrected chi connectivity index (χ4v) is 3.13. The molecule has 1 aromatic heterocycles. The molecule has 0 spiro atoms. The van der Waals surface area contributed by atoms with Gasteiger partial charge in [0.05, 0.1) is 4.83 Å². The van der Waals surface area contributed by atoms with Crippen LogP contribution in [-0.2, 0) is 0 Å². The maximum absolute atomic E-state index is 13.5. The second kappa shape index (κ2) is 4.63. The predicted molar refractivity (Wildman–Crippen MR) is 66.2 cm³/mol. The Hall–Kier alpha value is -0.740. The molecule has 2 aromatic rings. The van der Waals surface area contributed by atoms with Gasteiger partial charge in [0.15, 0.2) is 0 Å². The molecule has 0 saturated heterocycles. The Morgan fingerprint density at radius 1 is 1.19 bits per heavy atom. The van der Waals surface area contributed by atoms with Gasteiger partial charge in [-0.2, -0.15) is 0 Å². The lowest BCUT2D eigenvalue weighted by molar-refractivity contribution is 0.574. The Balaban J connectivity index is 2.37. The first-order valence-corrected chi connectivity index (χ1v) is 6.46. The molecule has 4 heteroatoms. The highest BCUT2D eigenvalue weighted by atomic mass is 79.9. The SMILES string of the molecule is Cc1ccc(C(Br)c2ccc(F)cc2F)s1. The highest BCUT2D eigenvalue weighted by molar-refractivity contribution is 9.09. The first-order valence-electron chi connectivity index (χ1n) is 4.73. The molecule has 1 heterocycles. The molecule has 0 fully saturated rings. The molecular formula is C12H9BrF2S. The molecule has 0 radical (unpaired) electrons. The second-order valence-electron chi connectivity index (χ2n) is 3.48. The highest BCUT2D eigenvalue weighted by Crippen LogP contribution is 2.36. The van der Waals surface area contributed by atoms with Crippen molar-refractivity contribution in [2.45, 2.75) is 11.8 Å². The van der Waals surface area contributed by atoms with Crippen molar-refractivity contribution in [3.8, 4) is 0 Å². The van der Waals surface area contributed by atoms with Crippen molar-refractivity contribution >= 4 is 27.3 Å². The Bertz CT molecular complexity index is 507. The van der Waals surface area contributed by atoms with E-state index in [2.05, 4.69) is 15.9 Å². The first-order chi connectivity index (χ1) is 7.58.